The van der Waals surface area contributed by atoms with Crippen LogP contribution in [0.1, 0.15) is 107 Å². The average Bonchev–Trinajstić information content (AvgIpc) is 3.83. The third-order valence-electron chi connectivity index (χ3n) is 7.71. The fourth-order valence-corrected chi connectivity index (χ4v) is 4.21. The second-order valence-electron chi connectivity index (χ2n) is 11.3. The summed E-state index contributed by atoms with van der Waals surface area (Å²) in [7, 11) is 0. The van der Waals surface area contributed by atoms with Crippen molar-refractivity contribution >= 4 is 11.8 Å². The molecular weight excluding hydrogens is 785 g/mol. The molecule has 6 rings (SSSR count). The molecule has 49 heavy (non-hydrogen) atoms. The van der Waals surface area contributed by atoms with Gasteiger partial charge in [0.1, 0.15) is 23.2 Å². The summed E-state index contributed by atoms with van der Waals surface area (Å²) in [5, 5.41) is 7.72. The molecule has 0 saturated heterocycles. The summed E-state index contributed by atoms with van der Waals surface area (Å²) in [4.78, 5) is 5.36. The van der Waals surface area contributed by atoms with Crippen molar-refractivity contribution in [3.8, 4) is 0 Å². The van der Waals surface area contributed by atoms with Crippen molar-refractivity contribution in [2.45, 2.75) is 118 Å². The molecule has 9 nitrogen and oxygen atoms in total. The van der Waals surface area contributed by atoms with Crippen LogP contribution in [0.15, 0.2) is 46.8 Å². The fraction of sp³-hybridized carbons (Fsp3) is 0.568. The third-order valence-corrected chi connectivity index (χ3v) is 8.66. The van der Waals surface area contributed by atoms with E-state index in [0.717, 1.165) is 87.0 Å². The molecule has 0 amide bonds. The van der Waals surface area contributed by atoms with Crippen LogP contribution in [0.4, 0.5) is 0 Å². The molecule has 3 aliphatic heterocycles. The van der Waals surface area contributed by atoms with Crippen LogP contribution in [-0.2, 0) is 14.2 Å². The van der Waals surface area contributed by atoms with Gasteiger partial charge in [0.2, 0.25) is 0 Å². The molecule has 0 radical (unpaired) electrons. The molecule has 0 fully saturated rings. The van der Waals surface area contributed by atoms with Gasteiger partial charge in [0, 0.05) is 30.0 Å². The van der Waals surface area contributed by atoms with E-state index < -0.39 is 0 Å². The number of furan rings is 1. The number of hydrogen-bond donors (Lipinski definition) is 0. The van der Waals surface area contributed by atoms with Crippen molar-refractivity contribution in [1.29, 1.82) is 0 Å². The van der Waals surface area contributed by atoms with Gasteiger partial charge in [-0.1, -0.05) is 57.8 Å². The number of thioether (sulfide) groups is 1. The van der Waals surface area contributed by atoms with Gasteiger partial charge in [-0.15, -0.1) is 5.70 Å². The van der Waals surface area contributed by atoms with Gasteiger partial charge in [-0.05, 0) is 87.5 Å². The minimum atomic E-state index is 0. The number of ether oxygens (including phenoxy) is 3. The van der Waals surface area contributed by atoms with Crippen molar-refractivity contribution in [3.05, 3.63) is 96.3 Å². The van der Waals surface area contributed by atoms with E-state index in [-0.39, 0.29) is 124 Å². The second-order valence-corrected chi connectivity index (χ2v) is 12.5. The molecular formula is C37H59N3O6Rb2S. The Balaban J connectivity index is -0.000000512. The molecule has 0 aliphatic carbocycles. The van der Waals surface area contributed by atoms with Crippen LogP contribution in [-0.4, -0.2) is 29.4 Å². The van der Waals surface area contributed by atoms with E-state index in [9.17, 15) is 0 Å². The van der Waals surface area contributed by atoms with Crippen LogP contribution in [0.5, 0.6) is 0 Å². The van der Waals surface area contributed by atoms with Gasteiger partial charge in [-0.3, -0.25) is 0 Å². The van der Waals surface area contributed by atoms with Crippen LogP contribution < -0.4 is 116 Å². The first-order chi connectivity index (χ1) is 21.4. The van der Waals surface area contributed by atoms with Gasteiger partial charge in [0.15, 0.2) is 5.89 Å². The summed E-state index contributed by atoms with van der Waals surface area (Å²) in [6, 6.07) is 3.04. The molecule has 0 aromatic carbocycles. The Kier molecular flexibility index (Phi) is 30.2. The topological polar surface area (TPSA) is 107 Å². The predicted octanol–water partition coefficient (Wildman–Crippen LogP) is 5.35. The Bertz CT molecular complexity index is 1330. The van der Waals surface area contributed by atoms with Crippen molar-refractivity contribution in [2.24, 2.45) is 5.92 Å². The Morgan fingerprint density at radius 1 is 0.714 bits per heavy atom. The first kappa shape index (κ1) is 53.4. The normalized spacial score (nSPS) is 15.1. The number of oxazole rings is 1. The van der Waals surface area contributed by atoms with E-state index >= 15 is 0 Å². The van der Waals surface area contributed by atoms with Crippen molar-refractivity contribution in [1.82, 2.24) is 10.1 Å². The molecule has 3 aliphatic rings. The zero-order chi connectivity index (χ0) is 35.1. The monoisotopic (exact) mass is 843 g/mol. The van der Waals surface area contributed by atoms with E-state index in [0.29, 0.717) is 12.6 Å². The van der Waals surface area contributed by atoms with E-state index in [1.807, 2.05) is 90.0 Å². The Morgan fingerprint density at radius 3 is 1.45 bits per heavy atom. The summed E-state index contributed by atoms with van der Waals surface area (Å²) in [5.41, 5.74) is 6.68. The smallest absolute Gasteiger partial charge is 0.653 e. The molecule has 0 N–H and O–H groups in total. The largest absolute Gasteiger partial charge is 1.00 e. The van der Waals surface area contributed by atoms with Gasteiger partial charge < -0.3 is 32.9 Å². The molecule has 3 aromatic rings. The van der Waals surface area contributed by atoms with Gasteiger partial charge in [-0.25, -0.2) is 11.1 Å². The van der Waals surface area contributed by atoms with Gasteiger partial charge in [-0.2, -0.15) is 5.56 Å². The second kappa shape index (κ2) is 27.7. The standard InChI is InChI=1S/C7H12O.C7H9O.2C6H9NO.C5H8NO.C5H8OS.CH4.2Rb/c1-5-4-8-7(3)6(5)2;1-5-4-6(2)8-7(5)3;1-4-5(2)8-6(3)7-4;1-4-5(2)7-8-6(4)3;2*1-4-5(2)7-3-6-4;;;/h5H,4H2,1-3H3;3*1-3H3;2*3H2,1-2H3;1H4;;/q;-1;;;-1;;;2*+1. The van der Waals surface area contributed by atoms with Crippen LogP contribution in [0.2, 0.25) is 0 Å². The Labute approximate surface area is 399 Å². The maximum atomic E-state index is 5.26. The SMILES string of the molecule is C.CC1=C(C)C(C)CO1.CC1=C(C)OC[N-]1.CC1=C(C)SCO1.Cc1[c-]c(C)c(C)o1.Cc1nc(C)c(C)o1.Cc1noc(C)c1C.[Rb+].[Rb+]. The number of nitrogens with zero attached hydrogens (tertiary/aromatic N) is 3. The molecule has 6 heterocycles. The van der Waals surface area contributed by atoms with Crippen LogP contribution in [0.3, 0.4) is 0 Å². The number of hydrogen-bond acceptors (Lipinski definition) is 9. The molecule has 12 heteroatoms. The van der Waals surface area contributed by atoms with Crippen molar-refractivity contribution < 1.29 is 144 Å². The van der Waals surface area contributed by atoms with Crippen LogP contribution in [0.25, 0.3) is 5.32 Å². The minimum Gasteiger partial charge on any atom is -0.653 e. The van der Waals surface area contributed by atoms with Crippen LogP contribution in [0, 0.1) is 74.3 Å². The number of aromatic nitrogens is 2. The number of rotatable bonds is 0. The Morgan fingerprint density at radius 2 is 1.33 bits per heavy atom. The molecule has 0 saturated carbocycles. The van der Waals surface area contributed by atoms with Crippen LogP contribution >= 0.6 is 11.8 Å². The number of allylic oxidation sites excluding steroid dienone is 5. The first-order valence-electron chi connectivity index (χ1n) is 15.4. The molecule has 0 spiro atoms. The van der Waals surface area contributed by atoms with Crippen molar-refractivity contribution in [3.63, 3.8) is 0 Å². The third kappa shape index (κ3) is 20.8. The molecule has 0 bridgehead atoms. The zero-order valence-corrected chi connectivity index (χ0v) is 43.5. The zero-order valence-electron chi connectivity index (χ0n) is 32.9. The summed E-state index contributed by atoms with van der Waals surface area (Å²) in [6.07, 6.45) is 0. The molecule has 1 atom stereocenters. The first-order valence-corrected chi connectivity index (χ1v) is 16.4. The van der Waals surface area contributed by atoms with E-state index in [2.05, 4.69) is 42.3 Å². The van der Waals surface area contributed by atoms with E-state index in [1.54, 1.807) is 11.8 Å². The summed E-state index contributed by atoms with van der Waals surface area (Å²) in [6.45, 7) is 33.1. The average molecular weight is 845 g/mol. The Hall–Kier alpha value is 0.0804. The van der Waals surface area contributed by atoms with Crippen molar-refractivity contribution in [2.75, 3.05) is 19.3 Å². The van der Waals surface area contributed by atoms with Gasteiger partial charge in [0.05, 0.1) is 29.5 Å². The summed E-state index contributed by atoms with van der Waals surface area (Å²) < 4.78 is 30.4. The number of aryl methyl sites for hydroxylation is 8. The van der Waals surface area contributed by atoms with E-state index in [4.69, 9.17) is 27.6 Å². The summed E-state index contributed by atoms with van der Waals surface area (Å²) >= 11 is 1.76. The minimum absolute atomic E-state index is 0. The molecule has 266 valence electrons. The fourth-order valence-electron chi connectivity index (χ4n) is 3.53. The van der Waals surface area contributed by atoms with Gasteiger partial charge in [0.25, 0.3) is 0 Å². The maximum Gasteiger partial charge on any atom is 1.00 e. The summed E-state index contributed by atoms with van der Waals surface area (Å²) in [5.74, 6) is 9.07. The predicted molar refractivity (Wildman–Crippen MR) is 193 cm³/mol. The maximum absolute atomic E-state index is 5.26. The molecule has 1 unspecified atom stereocenters. The quantitative estimate of drug-likeness (QED) is 0.277. The van der Waals surface area contributed by atoms with Gasteiger partial charge >= 0.3 is 116 Å². The molecule has 3 aromatic heterocycles. The van der Waals surface area contributed by atoms with E-state index in [1.165, 1.54) is 10.5 Å².